The molecule has 0 heterocycles. The van der Waals surface area contributed by atoms with E-state index in [4.69, 9.17) is 0 Å². The second kappa shape index (κ2) is 10.1. The van der Waals surface area contributed by atoms with Crippen molar-refractivity contribution < 1.29 is 14.4 Å². The van der Waals surface area contributed by atoms with E-state index in [9.17, 15) is 14.4 Å². The minimum atomic E-state index is -0.438. The van der Waals surface area contributed by atoms with Crippen LogP contribution in [0.3, 0.4) is 0 Å². The van der Waals surface area contributed by atoms with Crippen LogP contribution in [0.1, 0.15) is 16.7 Å². The highest BCUT2D eigenvalue weighted by Gasteiger charge is 2.14. The molecule has 28 heavy (non-hydrogen) atoms. The first-order valence-corrected chi connectivity index (χ1v) is 9.01. The van der Waals surface area contributed by atoms with Gasteiger partial charge in [0, 0.05) is 19.3 Å². The van der Waals surface area contributed by atoms with Crippen LogP contribution < -0.4 is 16.0 Å². The van der Waals surface area contributed by atoms with Crippen LogP contribution in [0.4, 0.5) is 10.5 Å². The first-order chi connectivity index (χ1) is 13.3. The van der Waals surface area contributed by atoms with Gasteiger partial charge in [-0.15, -0.1) is 0 Å². The highest BCUT2D eigenvalue weighted by Crippen LogP contribution is 2.08. The molecule has 2 rings (SSSR count). The third-order valence-corrected chi connectivity index (χ3v) is 4.12. The molecule has 0 aliphatic carbocycles. The molecule has 0 spiro atoms. The number of anilines is 1. The van der Waals surface area contributed by atoms with E-state index in [0.29, 0.717) is 12.2 Å². The minimum absolute atomic E-state index is 0.0978. The largest absolute Gasteiger partial charge is 0.335 e. The first kappa shape index (κ1) is 21.0. The van der Waals surface area contributed by atoms with Crippen LogP contribution in [0, 0.1) is 13.8 Å². The number of rotatable bonds is 7. The number of urea groups is 1. The lowest BCUT2D eigenvalue weighted by Crippen LogP contribution is -2.44. The fourth-order valence-corrected chi connectivity index (χ4v) is 2.38. The van der Waals surface area contributed by atoms with Gasteiger partial charge in [-0.2, -0.15) is 0 Å². The van der Waals surface area contributed by atoms with Crippen molar-refractivity contribution in [1.29, 1.82) is 0 Å². The molecule has 148 valence electrons. The van der Waals surface area contributed by atoms with Crippen molar-refractivity contribution in [3.8, 4) is 0 Å². The Hall–Kier alpha value is -3.35. The molecular formula is C21H26N4O3. The third-order valence-electron chi connectivity index (χ3n) is 4.12. The number of carbonyl (C=O) groups is 3. The van der Waals surface area contributed by atoms with Gasteiger partial charge in [0.2, 0.25) is 11.8 Å². The lowest BCUT2D eigenvalue weighted by Gasteiger charge is -2.17. The van der Waals surface area contributed by atoms with Crippen LogP contribution in [0.5, 0.6) is 0 Å². The molecule has 0 atom stereocenters. The Morgan fingerprint density at radius 2 is 1.43 bits per heavy atom. The van der Waals surface area contributed by atoms with Crippen LogP contribution in [0.15, 0.2) is 48.5 Å². The Kier molecular flexibility index (Phi) is 7.56. The maximum Gasteiger partial charge on any atom is 0.315 e. The van der Waals surface area contributed by atoms with E-state index in [1.54, 1.807) is 12.1 Å². The van der Waals surface area contributed by atoms with Gasteiger partial charge in [0.25, 0.3) is 0 Å². The average molecular weight is 382 g/mol. The van der Waals surface area contributed by atoms with Crippen molar-refractivity contribution in [3.63, 3.8) is 0 Å². The third kappa shape index (κ3) is 7.11. The van der Waals surface area contributed by atoms with Crippen LogP contribution in [0.25, 0.3) is 0 Å². The number of amides is 4. The first-order valence-electron chi connectivity index (χ1n) is 9.01. The molecule has 2 aromatic rings. The summed E-state index contributed by atoms with van der Waals surface area (Å²) in [6.45, 7) is 4.04. The second-order valence-corrected chi connectivity index (χ2v) is 6.69. The second-order valence-electron chi connectivity index (χ2n) is 6.69. The zero-order chi connectivity index (χ0) is 20.5. The van der Waals surface area contributed by atoms with Crippen LogP contribution in [-0.4, -0.2) is 42.9 Å². The molecule has 0 aliphatic heterocycles. The lowest BCUT2D eigenvalue weighted by molar-refractivity contribution is -0.132. The highest BCUT2D eigenvalue weighted by atomic mass is 16.2. The SMILES string of the molecule is Cc1ccc(CNC(=O)NCC(=O)N(C)CC(=O)Nc2ccc(C)cc2)cc1. The molecule has 0 radical (unpaired) electrons. The van der Waals surface area contributed by atoms with Gasteiger partial charge in [-0.1, -0.05) is 47.5 Å². The van der Waals surface area contributed by atoms with Gasteiger partial charge in [0.1, 0.15) is 0 Å². The Balaban J connectivity index is 1.69. The number of aryl methyl sites for hydroxylation is 2. The van der Waals surface area contributed by atoms with Gasteiger partial charge >= 0.3 is 6.03 Å². The van der Waals surface area contributed by atoms with Gasteiger partial charge < -0.3 is 20.9 Å². The summed E-state index contributed by atoms with van der Waals surface area (Å²) in [6, 6.07) is 14.7. The van der Waals surface area contributed by atoms with E-state index in [-0.39, 0.29) is 24.9 Å². The quantitative estimate of drug-likeness (QED) is 0.686. The van der Waals surface area contributed by atoms with Crippen LogP contribution in [0.2, 0.25) is 0 Å². The summed E-state index contributed by atoms with van der Waals surface area (Å²) in [5.74, 6) is -0.659. The smallest absolute Gasteiger partial charge is 0.315 e. The average Bonchev–Trinajstić information content (AvgIpc) is 2.67. The van der Waals surface area contributed by atoms with Gasteiger partial charge in [0.05, 0.1) is 13.1 Å². The molecule has 2 aromatic carbocycles. The molecule has 0 bridgehead atoms. The molecule has 0 unspecified atom stereocenters. The highest BCUT2D eigenvalue weighted by molar-refractivity contribution is 5.95. The summed E-state index contributed by atoms with van der Waals surface area (Å²) in [4.78, 5) is 37.2. The maximum atomic E-state index is 12.1. The van der Waals surface area contributed by atoms with Gasteiger partial charge in [-0.25, -0.2) is 4.79 Å². The van der Waals surface area contributed by atoms with Crippen LogP contribution in [-0.2, 0) is 16.1 Å². The van der Waals surface area contributed by atoms with Crippen molar-refractivity contribution >= 4 is 23.5 Å². The zero-order valence-corrected chi connectivity index (χ0v) is 16.4. The Bertz CT molecular complexity index is 817. The predicted octanol–water partition coefficient (Wildman–Crippen LogP) is 2.20. The van der Waals surface area contributed by atoms with E-state index < -0.39 is 6.03 Å². The number of likely N-dealkylation sites (N-methyl/N-ethyl adjacent to an activating group) is 1. The van der Waals surface area contributed by atoms with Crippen LogP contribution >= 0.6 is 0 Å². The summed E-state index contributed by atoms with van der Waals surface area (Å²) >= 11 is 0. The van der Waals surface area contributed by atoms with Gasteiger partial charge in [0.15, 0.2) is 0 Å². The van der Waals surface area contributed by atoms with E-state index in [2.05, 4.69) is 16.0 Å². The number of hydrogen-bond donors (Lipinski definition) is 3. The number of nitrogens with zero attached hydrogens (tertiary/aromatic N) is 1. The predicted molar refractivity (Wildman–Crippen MR) is 109 cm³/mol. The lowest BCUT2D eigenvalue weighted by atomic mass is 10.1. The molecule has 0 saturated carbocycles. The summed E-state index contributed by atoms with van der Waals surface area (Å²) in [7, 11) is 1.52. The molecular weight excluding hydrogens is 356 g/mol. The van der Waals surface area contributed by atoms with Gasteiger partial charge in [-0.05, 0) is 31.5 Å². The Morgan fingerprint density at radius 3 is 2.04 bits per heavy atom. The normalized spacial score (nSPS) is 10.1. The molecule has 4 amide bonds. The monoisotopic (exact) mass is 382 g/mol. The number of carbonyl (C=O) groups excluding carboxylic acids is 3. The fourth-order valence-electron chi connectivity index (χ4n) is 2.38. The van der Waals surface area contributed by atoms with E-state index >= 15 is 0 Å². The summed E-state index contributed by atoms with van der Waals surface area (Å²) in [6.07, 6.45) is 0. The molecule has 0 aliphatic rings. The summed E-state index contributed by atoms with van der Waals surface area (Å²) in [5.41, 5.74) is 3.88. The van der Waals surface area contributed by atoms with Crippen molar-refractivity contribution in [3.05, 3.63) is 65.2 Å². The molecule has 0 saturated heterocycles. The Labute approximate surface area is 165 Å². The molecule has 3 N–H and O–H groups in total. The number of benzene rings is 2. The maximum absolute atomic E-state index is 12.1. The number of hydrogen-bond acceptors (Lipinski definition) is 3. The van der Waals surface area contributed by atoms with E-state index in [1.807, 2.05) is 50.2 Å². The fraction of sp³-hybridized carbons (Fsp3) is 0.286. The summed E-state index contributed by atoms with van der Waals surface area (Å²) in [5, 5.41) is 7.92. The summed E-state index contributed by atoms with van der Waals surface area (Å²) < 4.78 is 0. The van der Waals surface area contributed by atoms with Crippen molar-refractivity contribution in [2.45, 2.75) is 20.4 Å². The van der Waals surface area contributed by atoms with Crippen molar-refractivity contribution in [2.24, 2.45) is 0 Å². The van der Waals surface area contributed by atoms with E-state index in [1.165, 1.54) is 11.9 Å². The van der Waals surface area contributed by atoms with Crippen molar-refractivity contribution in [2.75, 3.05) is 25.5 Å². The van der Waals surface area contributed by atoms with E-state index in [0.717, 1.165) is 16.7 Å². The zero-order valence-electron chi connectivity index (χ0n) is 16.4. The number of nitrogens with one attached hydrogen (secondary N) is 3. The van der Waals surface area contributed by atoms with Gasteiger partial charge in [-0.3, -0.25) is 9.59 Å². The standard InChI is InChI=1S/C21H26N4O3/c1-15-4-8-17(9-5-15)12-22-21(28)23-13-20(27)25(3)14-19(26)24-18-10-6-16(2)7-11-18/h4-11H,12-14H2,1-3H3,(H,24,26)(H2,22,23,28). The molecule has 7 nitrogen and oxygen atoms in total. The minimum Gasteiger partial charge on any atom is -0.335 e. The topological polar surface area (TPSA) is 90.5 Å². The Morgan fingerprint density at radius 1 is 0.857 bits per heavy atom. The van der Waals surface area contributed by atoms with Crippen molar-refractivity contribution in [1.82, 2.24) is 15.5 Å². The molecule has 0 fully saturated rings. The molecule has 7 heteroatoms. The molecule has 0 aromatic heterocycles.